The first kappa shape index (κ1) is 15.3. The number of amidine groups is 1. The molecule has 8 heteroatoms. The SMILES string of the molecule is NC(CCN(C1CC1)S(=O)(=O)c1ccc(Br)cc1)=NO. The highest BCUT2D eigenvalue weighted by Gasteiger charge is 2.37. The van der Waals surface area contributed by atoms with Crippen LogP contribution in [-0.4, -0.2) is 36.4 Å². The van der Waals surface area contributed by atoms with Gasteiger partial charge in [-0.1, -0.05) is 21.1 Å². The molecule has 110 valence electrons. The van der Waals surface area contributed by atoms with E-state index in [0.29, 0.717) is 0 Å². The van der Waals surface area contributed by atoms with Crippen LogP contribution in [0.25, 0.3) is 0 Å². The van der Waals surface area contributed by atoms with Crippen LogP contribution in [0.4, 0.5) is 0 Å². The Balaban J connectivity index is 2.21. The molecule has 1 fully saturated rings. The van der Waals surface area contributed by atoms with Gasteiger partial charge in [-0.15, -0.1) is 0 Å². The molecule has 0 amide bonds. The predicted octanol–water partition coefficient (Wildman–Crippen LogP) is 1.74. The number of sulfonamides is 1. The highest BCUT2D eigenvalue weighted by molar-refractivity contribution is 9.10. The Bertz CT molecular complexity index is 597. The van der Waals surface area contributed by atoms with Crippen molar-refractivity contribution in [2.24, 2.45) is 10.9 Å². The van der Waals surface area contributed by atoms with Gasteiger partial charge in [-0.05, 0) is 37.1 Å². The van der Waals surface area contributed by atoms with E-state index in [-0.39, 0.29) is 29.7 Å². The normalized spacial score (nSPS) is 16.6. The molecule has 0 radical (unpaired) electrons. The van der Waals surface area contributed by atoms with Gasteiger partial charge in [-0.25, -0.2) is 8.42 Å². The van der Waals surface area contributed by atoms with Crippen molar-refractivity contribution in [3.63, 3.8) is 0 Å². The van der Waals surface area contributed by atoms with Crippen molar-refractivity contribution in [2.75, 3.05) is 6.54 Å². The van der Waals surface area contributed by atoms with E-state index >= 15 is 0 Å². The molecule has 2 rings (SSSR count). The zero-order valence-electron chi connectivity index (χ0n) is 10.7. The lowest BCUT2D eigenvalue weighted by atomic mass is 10.4. The second-order valence-electron chi connectivity index (χ2n) is 4.64. The maximum absolute atomic E-state index is 12.6. The number of hydrogen-bond donors (Lipinski definition) is 2. The highest BCUT2D eigenvalue weighted by Crippen LogP contribution is 2.32. The minimum absolute atomic E-state index is 0.0233. The van der Waals surface area contributed by atoms with Crippen LogP contribution in [0.3, 0.4) is 0 Å². The molecule has 1 saturated carbocycles. The summed E-state index contributed by atoms with van der Waals surface area (Å²) < 4.78 is 27.5. The first-order valence-corrected chi connectivity index (χ1v) is 8.42. The molecule has 20 heavy (non-hydrogen) atoms. The number of benzene rings is 1. The van der Waals surface area contributed by atoms with Gasteiger partial charge in [0.15, 0.2) is 0 Å². The summed E-state index contributed by atoms with van der Waals surface area (Å²) >= 11 is 3.28. The van der Waals surface area contributed by atoms with Gasteiger partial charge in [0.25, 0.3) is 0 Å². The van der Waals surface area contributed by atoms with Crippen LogP contribution >= 0.6 is 15.9 Å². The first-order valence-electron chi connectivity index (χ1n) is 6.19. The predicted molar refractivity (Wildman–Crippen MR) is 79.1 cm³/mol. The maximum atomic E-state index is 12.6. The molecule has 1 aliphatic rings. The topological polar surface area (TPSA) is 96.0 Å². The number of nitrogens with two attached hydrogens (primary N) is 1. The Morgan fingerprint density at radius 1 is 1.40 bits per heavy atom. The van der Waals surface area contributed by atoms with E-state index in [0.717, 1.165) is 17.3 Å². The van der Waals surface area contributed by atoms with Crippen molar-refractivity contribution in [1.82, 2.24) is 4.31 Å². The second-order valence-corrected chi connectivity index (χ2v) is 7.45. The summed E-state index contributed by atoms with van der Waals surface area (Å²) in [7, 11) is -3.54. The average Bonchev–Trinajstić information content (AvgIpc) is 3.23. The van der Waals surface area contributed by atoms with Crippen molar-refractivity contribution in [3.8, 4) is 0 Å². The van der Waals surface area contributed by atoms with Crippen LogP contribution in [0.5, 0.6) is 0 Å². The largest absolute Gasteiger partial charge is 0.409 e. The number of halogens is 1. The molecule has 0 aromatic heterocycles. The molecular weight excluding hydrogens is 346 g/mol. The summed E-state index contributed by atoms with van der Waals surface area (Å²) in [6.07, 6.45) is 1.92. The van der Waals surface area contributed by atoms with Crippen molar-refractivity contribution in [1.29, 1.82) is 0 Å². The van der Waals surface area contributed by atoms with Crippen LogP contribution in [0.15, 0.2) is 38.8 Å². The Labute approximate surface area is 126 Å². The van der Waals surface area contributed by atoms with E-state index in [1.54, 1.807) is 24.3 Å². The van der Waals surface area contributed by atoms with Crippen molar-refractivity contribution in [2.45, 2.75) is 30.2 Å². The third-order valence-electron chi connectivity index (χ3n) is 3.09. The first-order chi connectivity index (χ1) is 9.45. The number of hydrogen-bond acceptors (Lipinski definition) is 4. The lowest BCUT2D eigenvalue weighted by Crippen LogP contribution is -2.35. The van der Waals surface area contributed by atoms with Crippen LogP contribution < -0.4 is 5.73 Å². The summed E-state index contributed by atoms with van der Waals surface area (Å²) in [4.78, 5) is 0.257. The number of nitrogens with zero attached hydrogens (tertiary/aromatic N) is 2. The van der Waals surface area contributed by atoms with Crippen molar-refractivity contribution >= 4 is 31.8 Å². The summed E-state index contributed by atoms with van der Waals surface area (Å²) in [5.41, 5.74) is 5.42. The van der Waals surface area contributed by atoms with E-state index < -0.39 is 10.0 Å². The summed E-state index contributed by atoms with van der Waals surface area (Å²) in [5, 5.41) is 11.4. The maximum Gasteiger partial charge on any atom is 0.243 e. The molecular formula is C12H16BrN3O3S. The molecule has 0 unspecified atom stereocenters. The standard InChI is InChI=1S/C12H16BrN3O3S/c13-9-1-5-11(6-2-9)20(18,19)16(10-3-4-10)8-7-12(14)15-17/h1-2,5-6,10,17H,3-4,7-8H2,(H2,14,15). The minimum atomic E-state index is -3.54. The van der Waals surface area contributed by atoms with Gasteiger partial charge in [-0.2, -0.15) is 4.31 Å². The van der Waals surface area contributed by atoms with Gasteiger partial charge in [0, 0.05) is 23.5 Å². The lowest BCUT2D eigenvalue weighted by molar-refractivity contribution is 0.315. The third kappa shape index (κ3) is 3.50. The summed E-state index contributed by atoms with van der Waals surface area (Å²) in [6, 6.07) is 6.55. The van der Waals surface area contributed by atoms with E-state index in [1.165, 1.54) is 4.31 Å². The van der Waals surface area contributed by atoms with Gasteiger partial charge in [0.05, 0.1) is 4.90 Å². The number of rotatable bonds is 6. The summed E-state index contributed by atoms with van der Waals surface area (Å²) in [6.45, 7) is 0.221. The molecule has 0 spiro atoms. The van der Waals surface area contributed by atoms with Crippen LogP contribution in [0, 0.1) is 0 Å². The van der Waals surface area contributed by atoms with Gasteiger partial charge in [0.1, 0.15) is 5.84 Å². The van der Waals surface area contributed by atoms with Gasteiger partial charge in [-0.3, -0.25) is 0 Å². The van der Waals surface area contributed by atoms with Gasteiger partial charge >= 0.3 is 0 Å². The van der Waals surface area contributed by atoms with E-state index in [1.807, 2.05) is 0 Å². The molecule has 1 aromatic rings. The van der Waals surface area contributed by atoms with Crippen LogP contribution in [0.2, 0.25) is 0 Å². The number of oxime groups is 1. The zero-order chi connectivity index (χ0) is 14.8. The molecule has 6 nitrogen and oxygen atoms in total. The molecule has 3 N–H and O–H groups in total. The van der Waals surface area contributed by atoms with Gasteiger partial charge < -0.3 is 10.9 Å². The van der Waals surface area contributed by atoms with E-state index in [9.17, 15) is 8.42 Å². The fourth-order valence-electron chi connectivity index (χ4n) is 1.88. The Morgan fingerprint density at radius 2 is 2.00 bits per heavy atom. The quantitative estimate of drug-likeness (QED) is 0.349. The van der Waals surface area contributed by atoms with Crippen LogP contribution in [-0.2, 0) is 10.0 Å². The monoisotopic (exact) mass is 361 g/mol. The minimum Gasteiger partial charge on any atom is -0.409 e. The fraction of sp³-hybridized carbons (Fsp3) is 0.417. The Kier molecular flexibility index (Phi) is 4.66. The van der Waals surface area contributed by atoms with Crippen molar-refractivity contribution < 1.29 is 13.6 Å². The molecule has 0 heterocycles. The molecule has 1 aliphatic carbocycles. The van der Waals surface area contributed by atoms with Crippen molar-refractivity contribution in [3.05, 3.63) is 28.7 Å². The molecule has 0 bridgehead atoms. The molecule has 1 aromatic carbocycles. The fourth-order valence-corrected chi connectivity index (χ4v) is 3.83. The molecule has 0 atom stereocenters. The smallest absolute Gasteiger partial charge is 0.243 e. The highest BCUT2D eigenvalue weighted by atomic mass is 79.9. The summed E-state index contributed by atoms with van der Waals surface area (Å²) in [5.74, 6) is 0.0293. The molecule has 0 saturated heterocycles. The Hall–Kier alpha value is -1.12. The van der Waals surface area contributed by atoms with E-state index in [2.05, 4.69) is 21.1 Å². The molecule has 0 aliphatic heterocycles. The third-order valence-corrected chi connectivity index (χ3v) is 5.59. The lowest BCUT2D eigenvalue weighted by Gasteiger charge is -2.21. The van der Waals surface area contributed by atoms with Crippen LogP contribution in [0.1, 0.15) is 19.3 Å². The zero-order valence-corrected chi connectivity index (χ0v) is 13.1. The van der Waals surface area contributed by atoms with Gasteiger partial charge in [0.2, 0.25) is 10.0 Å². The second kappa shape index (κ2) is 6.11. The van der Waals surface area contributed by atoms with E-state index in [4.69, 9.17) is 10.9 Å². The Morgan fingerprint density at radius 3 is 2.50 bits per heavy atom. The average molecular weight is 362 g/mol.